The van der Waals surface area contributed by atoms with Crippen LogP contribution in [-0.4, -0.2) is 46.8 Å². The minimum absolute atomic E-state index is 0.0490. The Labute approximate surface area is 162 Å². The lowest BCUT2D eigenvalue weighted by Gasteiger charge is -2.26. The average Bonchev–Trinajstić information content (AvgIpc) is 3.40. The van der Waals surface area contributed by atoms with Crippen LogP contribution in [-0.2, 0) is 9.59 Å². The highest BCUT2D eigenvalue weighted by Gasteiger charge is 2.45. The lowest BCUT2D eigenvalue weighted by molar-refractivity contribution is -0.137. The molecule has 4 amide bonds. The third kappa shape index (κ3) is 3.12. The molecular formula is C20H21N3O3S. The molecular weight excluding hydrogens is 362 g/mol. The van der Waals surface area contributed by atoms with Crippen molar-refractivity contribution < 1.29 is 14.4 Å². The van der Waals surface area contributed by atoms with Crippen molar-refractivity contribution in [3.05, 3.63) is 52.7 Å². The molecule has 2 saturated heterocycles. The van der Waals surface area contributed by atoms with Gasteiger partial charge in [-0.2, -0.15) is 0 Å². The minimum Gasteiger partial charge on any atom is -0.333 e. The minimum atomic E-state index is -0.612. The van der Waals surface area contributed by atoms with Crippen LogP contribution in [0.3, 0.4) is 0 Å². The summed E-state index contributed by atoms with van der Waals surface area (Å²) >= 11 is 1.63. The number of likely N-dealkylation sites (tertiary alicyclic amines) is 1. The predicted octanol–water partition coefficient (Wildman–Crippen LogP) is 3.27. The van der Waals surface area contributed by atoms with Gasteiger partial charge in [0, 0.05) is 17.1 Å². The highest BCUT2D eigenvalue weighted by atomic mass is 32.1. The fourth-order valence-corrected chi connectivity index (χ4v) is 4.74. The number of carbonyl (C=O) groups excluding carboxylic acids is 3. The van der Waals surface area contributed by atoms with Crippen molar-refractivity contribution in [2.75, 3.05) is 18.0 Å². The molecule has 2 fully saturated rings. The monoisotopic (exact) mass is 383 g/mol. The van der Waals surface area contributed by atoms with Crippen LogP contribution in [0.5, 0.6) is 0 Å². The number of urea groups is 1. The van der Waals surface area contributed by atoms with Gasteiger partial charge in [-0.05, 0) is 43.3 Å². The van der Waals surface area contributed by atoms with Gasteiger partial charge in [-0.15, -0.1) is 11.3 Å². The number of rotatable bonds is 4. The van der Waals surface area contributed by atoms with E-state index in [4.69, 9.17) is 0 Å². The lowest BCUT2D eigenvalue weighted by Crippen LogP contribution is -2.43. The van der Waals surface area contributed by atoms with E-state index < -0.39 is 12.1 Å². The molecule has 2 aliphatic rings. The molecule has 27 heavy (non-hydrogen) atoms. The van der Waals surface area contributed by atoms with E-state index in [9.17, 15) is 14.4 Å². The van der Waals surface area contributed by atoms with Gasteiger partial charge in [-0.3, -0.25) is 19.4 Å². The van der Waals surface area contributed by atoms with Crippen LogP contribution >= 0.6 is 11.3 Å². The highest BCUT2D eigenvalue weighted by Crippen LogP contribution is 2.35. The van der Waals surface area contributed by atoms with Gasteiger partial charge >= 0.3 is 6.03 Å². The van der Waals surface area contributed by atoms with Crippen molar-refractivity contribution in [1.29, 1.82) is 0 Å². The van der Waals surface area contributed by atoms with Crippen LogP contribution < -0.4 is 4.90 Å². The van der Waals surface area contributed by atoms with Crippen LogP contribution in [0.1, 0.15) is 30.7 Å². The smallest absolute Gasteiger partial charge is 0.332 e. The number of nitrogens with zero attached hydrogens (tertiary/aromatic N) is 3. The van der Waals surface area contributed by atoms with Gasteiger partial charge in [0.15, 0.2) is 0 Å². The Balaban J connectivity index is 1.51. The quantitative estimate of drug-likeness (QED) is 0.762. The second kappa shape index (κ2) is 7.15. The molecule has 1 aromatic carbocycles. The lowest BCUT2D eigenvalue weighted by atomic mass is 10.2. The van der Waals surface area contributed by atoms with Crippen LogP contribution in [0.4, 0.5) is 10.5 Å². The maximum Gasteiger partial charge on any atom is 0.332 e. The summed E-state index contributed by atoms with van der Waals surface area (Å²) in [5, 5.41) is 2.00. The Hall–Kier alpha value is -2.67. The molecule has 1 aromatic heterocycles. The number of anilines is 1. The van der Waals surface area contributed by atoms with E-state index in [1.54, 1.807) is 30.4 Å². The van der Waals surface area contributed by atoms with Gasteiger partial charge in [0.25, 0.3) is 5.91 Å². The molecule has 2 aliphatic heterocycles. The zero-order valence-corrected chi connectivity index (χ0v) is 15.9. The summed E-state index contributed by atoms with van der Waals surface area (Å²) in [5.41, 5.74) is 0.663. The Kier molecular flexibility index (Phi) is 4.70. The number of para-hydroxylation sites is 1. The molecule has 0 N–H and O–H groups in total. The van der Waals surface area contributed by atoms with Crippen molar-refractivity contribution in [2.24, 2.45) is 0 Å². The van der Waals surface area contributed by atoms with Gasteiger partial charge in [0.2, 0.25) is 5.91 Å². The number of hydrogen-bond acceptors (Lipinski definition) is 4. The van der Waals surface area contributed by atoms with Gasteiger partial charge in [0.05, 0.1) is 6.04 Å². The van der Waals surface area contributed by atoms with Crippen molar-refractivity contribution >= 4 is 34.9 Å². The third-order valence-corrected chi connectivity index (χ3v) is 6.19. The number of benzene rings is 1. The van der Waals surface area contributed by atoms with Crippen LogP contribution in [0.25, 0.3) is 0 Å². The van der Waals surface area contributed by atoms with Gasteiger partial charge in [-0.25, -0.2) is 4.79 Å². The Morgan fingerprint density at radius 3 is 2.63 bits per heavy atom. The molecule has 0 unspecified atom stereocenters. The first kappa shape index (κ1) is 17.7. The van der Waals surface area contributed by atoms with Crippen molar-refractivity contribution in [2.45, 2.75) is 31.8 Å². The molecule has 6 nitrogen and oxygen atoms in total. The first-order valence-corrected chi connectivity index (χ1v) is 9.98. The number of hydrogen-bond donors (Lipinski definition) is 0. The van der Waals surface area contributed by atoms with E-state index in [0.29, 0.717) is 12.2 Å². The molecule has 7 heteroatoms. The molecule has 0 saturated carbocycles. The molecule has 0 spiro atoms. The summed E-state index contributed by atoms with van der Waals surface area (Å²) in [6.07, 6.45) is 1.85. The number of carbonyl (C=O) groups is 3. The molecule has 0 aliphatic carbocycles. The molecule has 3 heterocycles. The molecule has 2 atom stereocenters. The normalized spacial score (nSPS) is 22.8. The van der Waals surface area contributed by atoms with E-state index in [1.165, 1.54) is 4.90 Å². The zero-order valence-electron chi connectivity index (χ0n) is 15.1. The maximum absolute atomic E-state index is 12.9. The Morgan fingerprint density at radius 2 is 1.93 bits per heavy atom. The van der Waals surface area contributed by atoms with Crippen LogP contribution in [0.2, 0.25) is 0 Å². The van der Waals surface area contributed by atoms with E-state index in [-0.39, 0.29) is 24.4 Å². The first-order valence-electron chi connectivity index (χ1n) is 9.10. The molecule has 2 aromatic rings. The second-order valence-corrected chi connectivity index (χ2v) is 7.83. The number of amides is 4. The van der Waals surface area contributed by atoms with E-state index in [2.05, 4.69) is 0 Å². The predicted molar refractivity (Wildman–Crippen MR) is 103 cm³/mol. The fraction of sp³-hybridized carbons (Fsp3) is 0.350. The summed E-state index contributed by atoms with van der Waals surface area (Å²) in [7, 11) is 0. The molecule has 140 valence electrons. The summed E-state index contributed by atoms with van der Waals surface area (Å²) in [6.45, 7) is 2.16. The van der Waals surface area contributed by atoms with Crippen molar-refractivity contribution in [1.82, 2.24) is 9.80 Å². The first-order chi connectivity index (χ1) is 13.1. The van der Waals surface area contributed by atoms with E-state index in [1.807, 2.05) is 40.6 Å². The summed E-state index contributed by atoms with van der Waals surface area (Å²) < 4.78 is 0. The average molecular weight is 383 g/mol. The van der Waals surface area contributed by atoms with Gasteiger partial charge < -0.3 is 4.90 Å². The van der Waals surface area contributed by atoms with Crippen LogP contribution in [0, 0.1) is 0 Å². The molecule has 4 rings (SSSR count). The van der Waals surface area contributed by atoms with Gasteiger partial charge in [0.1, 0.15) is 12.6 Å². The number of imide groups is 1. The highest BCUT2D eigenvalue weighted by molar-refractivity contribution is 7.10. The maximum atomic E-state index is 12.9. The Morgan fingerprint density at radius 1 is 1.15 bits per heavy atom. The van der Waals surface area contributed by atoms with E-state index >= 15 is 0 Å². The van der Waals surface area contributed by atoms with Gasteiger partial charge in [-0.1, -0.05) is 24.3 Å². The Bertz CT molecular complexity index is 853. The van der Waals surface area contributed by atoms with Crippen LogP contribution in [0.15, 0.2) is 47.8 Å². The van der Waals surface area contributed by atoms with Crippen molar-refractivity contribution in [3.63, 3.8) is 0 Å². The number of thiophene rings is 1. The topological polar surface area (TPSA) is 60.9 Å². The molecule has 0 radical (unpaired) electrons. The standard InChI is InChI=1S/C20H21N3O3S/c1-14-19(25)22(20(26)23(14)15-7-3-2-4-8-15)13-18(24)21-11-5-9-16(21)17-10-6-12-27-17/h2-4,6-8,10,12,14,16H,5,9,11,13H2,1H3/t14-,16-/m0/s1. The molecule has 0 bridgehead atoms. The second-order valence-electron chi connectivity index (χ2n) is 6.85. The third-order valence-electron chi connectivity index (χ3n) is 5.22. The largest absolute Gasteiger partial charge is 0.333 e. The summed E-state index contributed by atoms with van der Waals surface area (Å²) in [5.74, 6) is -0.501. The zero-order chi connectivity index (χ0) is 19.0. The van der Waals surface area contributed by atoms with Crippen molar-refractivity contribution in [3.8, 4) is 0 Å². The fourth-order valence-electron chi connectivity index (χ4n) is 3.86. The summed E-state index contributed by atoms with van der Waals surface area (Å²) in [4.78, 5) is 43.9. The summed E-state index contributed by atoms with van der Waals surface area (Å²) in [6, 6.07) is 12.1. The van der Waals surface area contributed by atoms with E-state index in [0.717, 1.165) is 22.6 Å². The SMILES string of the molecule is C[C@H]1C(=O)N(CC(=O)N2CCC[C@H]2c2cccs2)C(=O)N1c1ccccc1.